The van der Waals surface area contributed by atoms with Gasteiger partial charge in [0, 0.05) is 18.5 Å². The first-order valence-corrected chi connectivity index (χ1v) is 6.63. The topological polar surface area (TPSA) is 53.6 Å². The van der Waals surface area contributed by atoms with E-state index in [2.05, 4.69) is 41.3 Å². The molecule has 2 rings (SSSR count). The fourth-order valence-corrected chi connectivity index (χ4v) is 2.14. The molecule has 0 saturated carbocycles. The van der Waals surface area contributed by atoms with E-state index in [1.165, 1.54) is 0 Å². The van der Waals surface area contributed by atoms with Crippen LogP contribution in [0.1, 0.15) is 26.6 Å². The quantitative estimate of drug-likeness (QED) is 0.876. The summed E-state index contributed by atoms with van der Waals surface area (Å²) in [6.45, 7) is 7.38. The smallest absolute Gasteiger partial charge is 0.191 e. The van der Waals surface area contributed by atoms with Crippen LogP contribution < -0.4 is 5.32 Å². The highest BCUT2D eigenvalue weighted by Crippen LogP contribution is 2.20. The molecule has 5 heteroatoms. The zero-order valence-corrected chi connectivity index (χ0v) is 11.3. The Bertz CT molecular complexity index is 453. The van der Waals surface area contributed by atoms with Crippen LogP contribution in [0, 0.1) is 0 Å². The van der Waals surface area contributed by atoms with Crippen LogP contribution in [0.25, 0.3) is 10.7 Å². The molecule has 17 heavy (non-hydrogen) atoms. The number of thiophene rings is 1. The molecule has 0 aliphatic heterocycles. The predicted octanol–water partition coefficient (Wildman–Crippen LogP) is 2.46. The van der Waals surface area contributed by atoms with Crippen molar-refractivity contribution in [1.29, 1.82) is 0 Å². The van der Waals surface area contributed by atoms with Crippen molar-refractivity contribution in [3.63, 3.8) is 0 Å². The van der Waals surface area contributed by atoms with Crippen molar-refractivity contribution in [2.45, 2.75) is 32.7 Å². The first-order chi connectivity index (χ1) is 8.04. The summed E-state index contributed by atoms with van der Waals surface area (Å²) in [5.41, 5.74) is 0.149. The normalized spacial score (nSPS) is 11.9. The molecule has 0 aliphatic rings. The van der Waals surface area contributed by atoms with Crippen molar-refractivity contribution in [1.82, 2.24) is 20.5 Å². The summed E-state index contributed by atoms with van der Waals surface area (Å²) in [6, 6.07) is 4.04. The van der Waals surface area contributed by atoms with Gasteiger partial charge in [-0.1, -0.05) is 6.07 Å². The Kier molecular flexibility index (Phi) is 3.59. The standard InChI is InChI=1S/C12H18N4S/c1-12(2,3)13-7-6-10-14-11(16-15-10)9-5-4-8-17-9/h4-5,8,13H,6-7H2,1-3H3,(H,14,15,16). The van der Waals surface area contributed by atoms with Gasteiger partial charge in [-0.3, -0.25) is 5.10 Å². The fourth-order valence-electron chi connectivity index (χ4n) is 1.48. The summed E-state index contributed by atoms with van der Waals surface area (Å²) in [7, 11) is 0. The molecule has 0 aromatic carbocycles. The Hall–Kier alpha value is -1.20. The molecule has 0 fully saturated rings. The number of rotatable bonds is 4. The first-order valence-electron chi connectivity index (χ1n) is 5.75. The van der Waals surface area contributed by atoms with Crippen molar-refractivity contribution in [2.75, 3.05) is 6.54 Å². The third kappa shape index (κ3) is 3.64. The van der Waals surface area contributed by atoms with Crippen LogP contribution in [-0.4, -0.2) is 27.3 Å². The molecule has 0 atom stereocenters. The number of aromatic amines is 1. The van der Waals surface area contributed by atoms with Crippen molar-refractivity contribution < 1.29 is 0 Å². The number of nitrogens with zero attached hydrogens (tertiary/aromatic N) is 2. The zero-order valence-electron chi connectivity index (χ0n) is 10.4. The highest BCUT2D eigenvalue weighted by atomic mass is 32.1. The van der Waals surface area contributed by atoms with Crippen molar-refractivity contribution >= 4 is 11.3 Å². The molecular formula is C12H18N4S. The Morgan fingerprint density at radius 2 is 2.24 bits per heavy atom. The van der Waals surface area contributed by atoms with Gasteiger partial charge in [-0.15, -0.1) is 11.3 Å². The largest absolute Gasteiger partial charge is 0.312 e. The molecule has 0 amide bonds. The molecule has 0 bridgehead atoms. The van der Waals surface area contributed by atoms with Crippen molar-refractivity contribution in [3.05, 3.63) is 23.3 Å². The summed E-state index contributed by atoms with van der Waals surface area (Å²) in [5, 5.41) is 12.7. The predicted molar refractivity (Wildman–Crippen MR) is 71.2 cm³/mol. The number of hydrogen-bond donors (Lipinski definition) is 2. The molecule has 0 radical (unpaired) electrons. The summed E-state index contributed by atoms with van der Waals surface area (Å²) in [5.74, 6) is 1.73. The van der Waals surface area contributed by atoms with Crippen molar-refractivity contribution in [2.24, 2.45) is 0 Å². The monoisotopic (exact) mass is 250 g/mol. The molecule has 0 spiro atoms. The summed E-state index contributed by atoms with van der Waals surface area (Å²) in [6.07, 6.45) is 0.871. The van der Waals surface area contributed by atoms with E-state index in [9.17, 15) is 0 Å². The third-order valence-electron chi connectivity index (χ3n) is 2.29. The van der Waals surface area contributed by atoms with Gasteiger partial charge in [0.05, 0.1) is 4.88 Å². The molecule has 92 valence electrons. The van der Waals surface area contributed by atoms with E-state index in [0.717, 1.165) is 29.5 Å². The second-order valence-corrected chi connectivity index (χ2v) is 5.96. The van der Waals surface area contributed by atoms with E-state index < -0.39 is 0 Å². The van der Waals surface area contributed by atoms with Crippen LogP contribution in [0.3, 0.4) is 0 Å². The van der Waals surface area contributed by atoms with E-state index in [0.29, 0.717) is 0 Å². The van der Waals surface area contributed by atoms with E-state index in [1.807, 2.05) is 17.5 Å². The number of H-pyrrole nitrogens is 1. The Morgan fingerprint density at radius 1 is 1.41 bits per heavy atom. The molecule has 4 nitrogen and oxygen atoms in total. The number of hydrogen-bond acceptors (Lipinski definition) is 4. The second-order valence-electron chi connectivity index (χ2n) is 5.01. The van der Waals surface area contributed by atoms with Gasteiger partial charge in [0.25, 0.3) is 0 Å². The van der Waals surface area contributed by atoms with Crippen LogP contribution in [-0.2, 0) is 6.42 Å². The van der Waals surface area contributed by atoms with Crippen LogP contribution in [0.2, 0.25) is 0 Å². The molecule has 2 aromatic heterocycles. The van der Waals surface area contributed by atoms with Gasteiger partial charge in [0.15, 0.2) is 5.82 Å². The lowest BCUT2D eigenvalue weighted by molar-refractivity contribution is 0.427. The van der Waals surface area contributed by atoms with Crippen LogP contribution in [0.15, 0.2) is 17.5 Å². The molecule has 2 heterocycles. The minimum absolute atomic E-state index is 0.149. The van der Waals surface area contributed by atoms with Crippen LogP contribution in [0.5, 0.6) is 0 Å². The first kappa shape index (κ1) is 12.3. The second kappa shape index (κ2) is 4.98. The van der Waals surface area contributed by atoms with Crippen molar-refractivity contribution in [3.8, 4) is 10.7 Å². The van der Waals surface area contributed by atoms with E-state index in [-0.39, 0.29) is 5.54 Å². The number of nitrogens with one attached hydrogen (secondary N) is 2. The maximum atomic E-state index is 4.48. The van der Waals surface area contributed by atoms with Gasteiger partial charge >= 0.3 is 0 Å². The molecular weight excluding hydrogens is 232 g/mol. The Morgan fingerprint density at radius 3 is 2.88 bits per heavy atom. The highest BCUT2D eigenvalue weighted by molar-refractivity contribution is 7.13. The minimum atomic E-state index is 0.149. The van der Waals surface area contributed by atoms with E-state index >= 15 is 0 Å². The van der Waals surface area contributed by atoms with Gasteiger partial charge in [-0.2, -0.15) is 5.10 Å². The average molecular weight is 250 g/mol. The van der Waals surface area contributed by atoms with E-state index in [4.69, 9.17) is 0 Å². The summed E-state index contributed by atoms with van der Waals surface area (Å²) in [4.78, 5) is 5.58. The third-order valence-corrected chi connectivity index (χ3v) is 3.16. The van der Waals surface area contributed by atoms with Gasteiger partial charge in [-0.05, 0) is 32.2 Å². The molecule has 2 N–H and O–H groups in total. The highest BCUT2D eigenvalue weighted by Gasteiger charge is 2.10. The zero-order chi connectivity index (χ0) is 12.3. The minimum Gasteiger partial charge on any atom is -0.312 e. The maximum absolute atomic E-state index is 4.48. The average Bonchev–Trinajstić information content (AvgIpc) is 2.83. The van der Waals surface area contributed by atoms with Crippen LogP contribution in [0.4, 0.5) is 0 Å². The molecule has 0 saturated heterocycles. The lowest BCUT2D eigenvalue weighted by Gasteiger charge is -2.19. The van der Waals surface area contributed by atoms with Crippen LogP contribution >= 0.6 is 11.3 Å². The summed E-state index contributed by atoms with van der Waals surface area (Å²) >= 11 is 1.66. The van der Waals surface area contributed by atoms with Gasteiger partial charge in [-0.25, -0.2) is 4.98 Å². The van der Waals surface area contributed by atoms with E-state index in [1.54, 1.807) is 11.3 Å². The molecule has 0 aliphatic carbocycles. The SMILES string of the molecule is CC(C)(C)NCCc1nc(-c2cccs2)n[nH]1. The Labute approximate surface area is 105 Å². The summed E-state index contributed by atoms with van der Waals surface area (Å²) < 4.78 is 0. The van der Waals surface area contributed by atoms with Gasteiger partial charge < -0.3 is 5.32 Å². The van der Waals surface area contributed by atoms with Gasteiger partial charge in [0.1, 0.15) is 5.82 Å². The maximum Gasteiger partial charge on any atom is 0.191 e. The molecule has 2 aromatic rings. The lowest BCUT2D eigenvalue weighted by Crippen LogP contribution is -2.37. The lowest BCUT2D eigenvalue weighted by atomic mass is 10.1. The Balaban J connectivity index is 1.91. The fraction of sp³-hybridized carbons (Fsp3) is 0.500. The molecule has 0 unspecified atom stereocenters. The number of aromatic nitrogens is 3. The van der Waals surface area contributed by atoms with Gasteiger partial charge in [0.2, 0.25) is 0 Å².